The molecule has 3 nitrogen and oxygen atoms in total. The topological polar surface area (TPSA) is 35.5 Å². The largest absolute Gasteiger partial charge is 0.418 e. The average Bonchev–Trinajstić information content (AvgIpc) is 2.91. The van der Waals surface area contributed by atoms with Crippen molar-refractivity contribution >= 4 is 14.1 Å². The first-order valence-electron chi connectivity index (χ1n) is 10.7. The van der Waals surface area contributed by atoms with Crippen LogP contribution in [0.2, 0.25) is 19.6 Å². The van der Waals surface area contributed by atoms with Crippen molar-refractivity contribution in [2.75, 3.05) is 13.2 Å². The van der Waals surface area contributed by atoms with Gasteiger partial charge in [-0.1, -0.05) is 20.4 Å². The fourth-order valence-corrected chi connectivity index (χ4v) is 5.82. The Hall–Kier alpha value is -0.453. The van der Waals surface area contributed by atoms with Gasteiger partial charge in [0.15, 0.2) is 8.32 Å². The van der Waals surface area contributed by atoms with Gasteiger partial charge in [-0.25, -0.2) is 0 Å². The van der Waals surface area contributed by atoms with Gasteiger partial charge in [-0.2, -0.15) is 0 Å². The first-order chi connectivity index (χ1) is 12.2. The molecule has 0 aliphatic heterocycles. The van der Waals surface area contributed by atoms with E-state index in [1.807, 2.05) is 0 Å². The smallest absolute Gasteiger partial charge is 0.183 e. The van der Waals surface area contributed by atoms with Gasteiger partial charge in [-0.05, 0) is 81.5 Å². The van der Waals surface area contributed by atoms with E-state index in [1.54, 1.807) is 0 Å². The molecule has 150 valence electrons. The summed E-state index contributed by atoms with van der Waals surface area (Å²) in [7, 11) is -1.39. The summed E-state index contributed by atoms with van der Waals surface area (Å²) >= 11 is 0. The molecule has 4 unspecified atom stereocenters. The van der Waals surface area contributed by atoms with Crippen LogP contribution in [0.5, 0.6) is 0 Å². The van der Waals surface area contributed by atoms with E-state index in [0.29, 0.717) is 11.7 Å². The summed E-state index contributed by atoms with van der Waals surface area (Å²) in [5, 5.41) is 0. The Kier molecular flexibility index (Phi) is 7.70. The third-order valence-corrected chi connectivity index (χ3v) is 7.56. The molecule has 2 saturated carbocycles. The zero-order valence-electron chi connectivity index (χ0n) is 17.7. The normalized spacial score (nSPS) is 30.3. The minimum Gasteiger partial charge on any atom is -0.418 e. The summed E-state index contributed by atoms with van der Waals surface area (Å²) in [5.74, 6) is 1.19. The number of rotatable bonds is 10. The molecule has 2 aliphatic carbocycles. The summed E-state index contributed by atoms with van der Waals surface area (Å²) in [6, 6.07) is 0. The number of carbonyl (C=O) groups is 1. The Bertz CT molecular complexity index is 496. The van der Waals surface area contributed by atoms with Gasteiger partial charge in [-0.15, -0.1) is 0 Å². The molecule has 0 N–H and O–H groups in total. The Morgan fingerprint density at radius 1 is 1.27 bits per heavy atom. The predicted molar refractivity (Wildman–Crippen MR) is 111 cm³/mol. The van der Waals surface area contributed by atoms with Crippen molar-refractivity contribution in [3.8, 4) is 0 Å². The van der Waals surface area contributed by atoms with E-state index in [-0.39, 0.29) is 17.4 Å². The highest BCUT2D eigenvalue weighted by molar-refractivity contribution is 6.69. The first-order valence-corrected chi connectivity index (χ1v) is 14.1. The summed E-state index contributed by atoms with van der Waals surface area (Å²) in [4.78, 5) is 12.4. The van der Waals surface area contributed by atoms with Crippen LogP contribution in [-0.2, 0) is 14.0 Å². The Morgan fingerprint density at radius 2 is 1.96 bits per heavy atom. The van der Waals surface area contributed by atoms with E-state index in [2.05, 4.69) is 40.1 Å². The summed E-state index contributed by atoms with van der Waals surface area (Å²) < 4.78 is 12.1. The number of ketones is 1. The standard InChI is InChI=1S/C22H40O3Si/c1-7-21(24-15-8-9-16-25-26(4,5)6)17(2)18-12-13-19-20(23)11-10-14-22(18,19)3/h18-19,21H,2,7-16H2,1,3-6H3. The van der Waals surface area contributed by atoms with Crippen molar-refractivity contribution in [3.63, 3.8) is 0 Å². The first kappa shape index (κ1) is 21.8. The summed E-state index contributed by atoms with van der Waals surface area (Å²) in [6.07, 6.45) is 8.34. The SMILES string of the molecule is C=C(C(CC)OCCCCO[Si](C)(C)C)C1CCC2C(=O)CCCC12C. The number of Topliss-reactive ketones (excluding diaryl/α,β-unsaturated/α-hetero) is 1. The van der Waals surface area contributed by atoms with Crippen molar-refractivity contribution in [2.45, 2.75) is 91.0 Å². The van der Waals surface area contributed by atoms with E-state index < -0.39 is 8.32 Å². The number of fused-ring (bicyclic) bond motifs is 1. The van der Waals surface area contributed by atoms with Gasteiger partial charge >= 0.3 is 0 Å². The van der Waals surface area contributed by atoms with Gasteiger partial charge in [-0.3, -0.25) is 4.79 Å². The van der Waals surface area contributed by atoms with E-state index in [4.69, 9.17) is 9.16 Å². The minimum absolute atomic E-state index is 0.119. The molecular weight excluding hydrogens is 340 g/mol. The lowest BCUT2D eigenvalue weighted by Gasteiger charge is -2.41. The Morgan fingerprint density at radius 3 is 2.62 bits per heavy atom. The lowest BCUT2D eigenvalue weighted by Crippen LogP contribution is -2.39. The van der Waals surface area contributed by atoms with Crippen LogP contribution in [0.4, 0.5) is 0 Å². The zero-order valence-corrected chi connectivity index (χ0v) is 18.7. The molecule has 0 aromatic heterocycles. The maximum atomic E-state index is 12.4. The molecule has 0 heterocycles. The van der Waals surface area contributed by atoms with Crippen LogP contribution >= 0.6 is 0 Å². The van der Waals surface area contributed by atoms with Crippen LogP contribution in [0.1, 0.15) is 65.2 Å². The second-order valence-corrected chi connectivity index (χ2v) is 14.0. The van der Waals surface area contributed by atoms with E-state index >= 15 is 0 Å². The molecule has 4 atom stereocenters. The highest BCUT2D eigenvalue weighted by atomic mass is 28.4. The van der Waals surface area contributed by atoms with Crippen LogP contribution in [0.25, 0.3) is 0 Å². The molecule has 0 radical (unpaired) electrons. The van der Waals surface area contributed by atoms with E-state index in [9.17, 15) is 4.79 Å². The van der Waals surface area contributed by atoms with Crippen LogP contribution in [-0.4, -0.2) is 33.4 Å². The monoisotopic (exact) mass is 380 g/mol. The molecule has 26 heavy (non-hydrogen) atoms. The van der Waals surface area contributed by atoms with Gasteiger partial charge in [0.05, 0.1) is 6.10 Å². The van der Waals surface area contributed by atoms with Gasteiger partial charge in [0.1, 0.15) is 5.78 Å². The number of unbranched alkanes of at least 4 members (excludes halogenated alkanes) is 1. The molecule has 0 saturated heterocycles. The lowest BCUT2D eigenvalue weighted by molar-refractivity contribution is -0.129. The molecule has 2 fully saturated rings. The maximum Gasteiger partial charge on any atom is 0.183 e. The zero-order chi connectivity index (χ0) is 19.4. The molecule has 0 aromatic carbocycles. The van der Waals surface area contributed by atoms with Crippen molar-refractivity contribution in [3.05, 3.63) is 12.2 Å². The van der Waals surface area contributed by atoms with Crippen molar-refractivity contribution in [1.82, 2.24) is 0 Å². The van der Waals surface area contributed by atoms with Crippen molar-refractivity contribution in [1.29, 1.82) is 0 Å². The van der Waals surface area contributed by atoms with Gasteiger partial charge in [0.2, 0.25) is 0 Å². The summed E-state index contributed by atoms with van der Waals surface area (Å²) in [6.45, 7) is 17.3. The quantitative estimate of drug-likeness (QED) is 0.275. The number of ether oxygens (including phenoxy) is 1. The minimum atomic E-state index is -1.39. The number of hydrogen-bond donors (Lipinski definition) is 0. The van der Waals surface area contributed by atoms with Gasteiger partial charge in [0, 0.05) is 25.6 Å². The molecule has 0 bridgehead atoms. The third kappa shape index (κ3) is 5.29. The molecular formula is C22H40O3Si. The Balaban J connectivity index is 1.82. The second-order valence-electron chi connectivity index (χ2n) is 9.52. The fraction of sp³-hybridized carbons (Fsp3) is 0.864. The Labute approximate surface area is 162 Å². The van der Waals surface area contributed by atoms with E-state index in [1.165, 1.54) is 5.57 Å². The van der Waals surface area contributed by atoms with Crippen molar-refractivity contribution in [2.24, 2.45) is 17.3 Å². The van der Waals surface area contributed by atoms with Crippen LogP contribution in [0.15, 0.2) is 12.2 Å². The van der Waals surface area contributed by atoms with Crippen LogP contribution in [0.3, 0.4) is 0 Å². The summed E-state index contributed by atoms with van der Waals surface area (Å²) in [5.41, 5.74) is 1.36. The highest BCUT2D eigenvalue weighted by Gasteiger charge is 2.52. The van der Waals surface area contributed by atoms with Crippen molar-refractivity contribution < 1.29 is 14.0 Å². The van der Waals surface area contributed by atoms with Gasteiger partial charge in [0.25, 0.3) is 0 Å². The van der Waals surface area contributed by atoms with Crippen LogP contribution < -0.4 is 0 Å². The molecule has 0 amide bonds. The number of carbonyl (C=O) groups excluding carboxylic acids is 1. The maximum absolute atomic E-state index is 12.4. The van der Waals surface area contributed by atoms with E-state index in [0.717, 1.165) is 64.6 Å². The second kappa shape index (κ2) is 9.16. The average molecular weight is 381 g/mol. The molecule has 0 spiro atoms. The lowest BCUT2D eigenvalue weighted by atomic mass is 9.63. The molecule has 0 aromatic rings. The third-order valence-electron chi connectivity index (χ3n) is 6.49. The molecule has 2 aliphatic rings. The molecule has 4 heteroatoms. The molecule has 2 rings (SSSR count). The highest BCUT2D eigenvalue weighted by Crippen LogP contribution is 2.56. The van der Waals surface area contributed by atoms with Gasteiger partial charge < -0.3 is 9.16 Å². The predicted octanol–water partition coefficient (Wildman–Crippen LogP) is 5.76. The van der Waals surface area contributed by atoms with Crippen LogP contribution in [0, 0.1) is 17.3 Å². The fourth-order valence-electron chi connectivity index (χ4n) is 5.06. The number of hydrogen-bond acceptors (Lipinski definition) is 3.